The lowest BCUT2D eigenvalue weighted by atomic mass is 10.1. The number of rotatable bonds is 4. The van der Waals surface area contributed by atoms with E-state index in [1.807, 2.05) is 30.3 Å². The Morgan fingerprint density at radius 2 is 2.05 bits per heavy atom. The molecular weight excluding hydrogens is 274 g/mol. The minimum absolute atomic E-state index is 0.0901. The number of aromatic amines is 1. The van der Waals surface area contributed by atoms with Gasteiger partial charge in [0.05, 0.1) is 17.2 Å². The normalized spacial score (nSPS) is 21.1. The predicted octanol–water partition coefficient (Wildman–Crippen LogP) is 1.35. The highest BCUT2D eigenvalue weighted by Crippen LogP contribution is 2.17. The molecule has 2 heterocycles. The highest BCUT2D eigenvalue weighted by molar-refractivity contribution is 7.91. The van der Waals surface area contributed by atoms with Crippen molar-refractivity contribution < 1.29 is 8.42 Å². The molecule has 0 amide bonds. The SMILES string of the molecule is O=S1(=O)CCC(NCc2ccc(-c3ccn[nH]3)cc2)C1. The molecule has 20 heavy (non-hydrogen) atoms. The molecule has 5 nitrogen and oxygen atoms in total. The molecule has 1 atom stereocenters. The first-order chi connectivity index (χ1) is 9.62. The van der Waals surface area contributed by atoms with Gasteiger partial charge in [0.1, 0.15) is 0 Å². The van der Waals surface area contributed by atoms with Gasteiger partial charge in [-0.15, -0.1) is 0 Å². The van der Waals surface area contributed by atoms with Crippen LogP contribution in [0.1, 0.15) is 12.0 Å². The van der Waals surface area contributed by atoms with E-state index in [9.17, 15) is 8.42 Å². The lowest BCUT2D eigenvalue weighted by Gasteiger charge is -2.10. The molecular formula is C14H17N3O2S. The van der Waals surface area contributed by atoms with Crippen molar-refractivity contribution in [3.8, 4) is 11.3 Å². The molecule has 1 aromatic heterocycles. The van der Waals surface area contributed by atoms with E-state index in [1.165, 1.54) is 0 Å². The van der Waals surface area contributed by atoms with Crippen LogP contribution in [0.5, 0.6) is 0 Å². The van der Waals surface area contributed by atoms with Gasteiger partial charge in [-0.1, -0.05) is 24.3 Å². The Balaban J connectivity index is 1.59. The number of hydrogen-bond acceptors (Lipinski definition) is 4. The Bertz CT molecular complexity index is 663. The van der Waals surface area contributed by atoms with E-state index in [0.29, 0.717) is 18.7 Å². The summed E-state index contributed by atoms with van der Waals surface area (Å²) < 4.78 is 22.8. The minimum atomic E-state index is -2.81. The van der Waals surface area contributed by atoms with Crippen LogP contribution >= 0.6 is 0 Å². The highest BCUT2D eigenvalue weighted by atomic mass is 32.2. The van der Waals surface area contributed by atoms with Crippen LogP contribution in [-0.4, -0.2) is 36.2 Å². The average Bonchev–Trinajstić information content (AvgIpc) is 3.06. The van der Waals surface area contributed by atoms with Crippen molar-refractivity contribution in [3.05, 3.63) is 42.1 Å². The Kier molecular flexibility index (Phi) is 3.58. The Labute approximate surface area is 118 Å². The molecule has 2 N–H and O–H groups in total. The highest BCUT2D eigenvalue weighted by Gasteiger charge is 2.27. The van der Waals surface area contributed by atoms with Gasteiger partial charge in [0.25, 0.3) is 0 Å². The van der Waals surface area contributed by atoms with Crippen molar-refractivity contribution in [2.24, 2.45) is 0 Å². The van der Waals surface area contributed by atoms with Gasteiger partial charge in [-0.05, 0) is 23.6 Å². The summed E-state index contributed by atoms with van der Waals surface area (Å²) in [5.41, 5.74) is 3.23. The molecule has 1 aromatic carbocycles. The standard InChI is InChI=1S/C14H17N3O2S/c18-20(19)8-6-13(10-20)15-9-11-1-3-12(4-2-11)14-5-7-16-17-14/h1-5,7,13,15H,6,8-10H2,(H,16,17). The van der Waals surface area contributed by atoms with E-state index in [-0.39, 0.29) is 11.8 Å². The van der Waals surface area contributed by atoms with E-state index in [1.54, 1.807) is 6.20 Å². The van der Waals surface area contributed by atoms with E-state index < -0.39 is 9.84 Å². The zero-order chi connectivity index (χ0) is 14.0. The van der Waals surface area contributed by atoms with Crippen molar-refractivity contribution in [2.45, 2.75) is 19.0 Å². The number of H-pyrrole nitrogens is 1. The number of sulfone groups is 1. The number of nitrogens with one attached hydrogen (secondary N) is 2. The fourth-order valence-electron chi connectivity index (χ4n) is 2.44. The number of nitrogens with zero attached hydrogens (tertiary/aromatic N) is 1. The van der Waals surface area contributed by atoms with Gasteiger partial charge in [0.2, 0.25) is 0 Å². The number of hydrogen-bond donors (Lipinski definition) is 2. The molecule has 0 aliphatic carbocycles. The van der Waals surface area contributed by atoms with Gasteiger partial charge >= 0.3 is 0 Å². The second-order valence-electron chi connectivity index (χ2n) is 5.15. The van der Waals surface area contributed by atoms with Gasteiger partial charge in [-0.3, -0.25) is 5.10 Å². The molecule has 0 spiro atoms. The third kappa shape index (κ3) is 3.08. The fraction of sp³-hybridized carbons (Fsp3) is 0.357. The summed E-state index contributed by atoms with van der Waals surface area (Å²) in [6.45, 7) is 0.698. The van der Waals surface area contributed by atoms with Crippen molar-refractivity contribution >= 4 is 9.84 Å². The van der Waals surface area contributed by atoms with Crippen LogP contribution in [0, 0.1) is 0 Å². The maximum Gasteiger partial charge on any atom is 0.151 e. The van der Waals surface area contributed by atoms with Crippen molar-refractivity contribution in [1.82, 2.24) is 15.5 Å². The lowest BCUT2D eigenvalue weighted by molar-refractivity contribution is 0.554. The first-order valence-electron chi connectivity index (χ1n) is 6.65. The lowest BCUT2D eigenvalue weighted by Crippen LogP contribution is -2.29. The van der Waals surface area contributed by atoms with E-state index >= 15 is 0 Å². The van der Waals surface area contributed by atoms with Gasteiger partial charge < -0.3 is 5.32 Å². The molecule has 2 aromatic rings. The molecule has 0 saturated carbocycles. The summed E-state index contributed by atoms with van der Waals surface area (Å²) >= 11 is 0. The third-order valence-corrected chi connectivity index (χ3v) is 5.36. The van der Waals surface area contributed by atoms with Crippen molar-refractivity contribution in [3.63, 3.8) is 0 Å². The van der Waals surface area contributed by atoms with E-state index in [0.717, 1.165) is 16.8 Å². The maximum atomic E-state index is 11.4. The second kappa shape index (κ2) is 5.38. The molecule has 3 rings (SSSR count). The van der Waals surface area contributed by atoms with Crippen LogP contribution in [0.15, 0.2) is 36.5 Å². The Morgan fingerprint density at radius 3 is 2.65 bits per heavy atom. The maximum absolute atomic E-state index is 11.4. The first kappa shape index (κ1) is 13.3. The van der Waals surface area contributed by atoms with Crippen LogP contribution in [0.2, 0.25) is 0 Å². The van der Waals surface area contributed by atoms with Crippen molar-refractivity contribution in [2.75, 3.05) is 11.5 Å². The molecule has 1 aliphatic rings. The summed E-state index contributed by atoms with van der Waals surface area (Å²) in [6, 6.07) is 10.2. The molecule has 6 heteroatoms. The van der Waals surface area contributed by atoms with Crippen LogP contribution in [0.25, 0.3) is 11.3 Å². The largest absolute Gasteiger partial charge is 0.309 e. The topological polar surface area (TPSA) is 74.8 Å². The zero-order valence-electron chi connectivity index (χ0n) is 11.0. The molecule has 1 saturated heterocycles. The monoisotopic (exact) mass is 291 g/mol. The average molecular weight is 291 g/mol. The number of aromatic nitrogens is 2. The van der Waals surface area contributed by atoms with Gasteiger partial charge in [0.15, 0.2) is 9.84 Å². The fourth-order valence-corrected chi connectivity index (χ4v) is 4.14. The van der Waals surface area contributed by atoms with Crippen LogP contribution in [0.3, 0.4) is 0 Å². The predicted molar refractivity (Wildman–Crippen MR) is 77.9 cm³/mol. The Morgan fingerprint density at radius 1 is 1.25 bits per heavy atom. The summed E-state index contributed by atoms with van der Waals surface area (Å²) in [6.07, 6.45) is 2.44. The third-order valence-electron chi connectivity index (χ3n) is 3.59. The molecule has 1 fully saturated rings. The summed E-state index contributed by atoms with van der Waals surface area (Å²) in [5.74, 6) is 0.572. The summed E-state index contributed by atoms with van der Waals surface area (Å²) in [4.78, 5) is 0. The number of benzene rings is 1. The first-order valence-corrected chi connectivity index (χ1v) is 8.47. The Hall–Kier alpha value is -1.66. The zero-order valence-corrected chi connectivity index (χ0v) is 11.9. The smallest absolute Gasteiger partial charge is 0.151 e. The van der Waals surface area contributed by atoms with E-state index in [2.05, 4.69) is 15.5 Å². The van der Waals surface area contributed by atoms with Crippen LogP contribution < -0.4 is 5.32 Å². The van der Waals surface area contributed by atoms with Crippen LogP contribution in [0.4, 0.5) is 0 Å². The molecule has 106 valence electrons. The molecule has 0 radical (unpaired) electrons. The van der Waals surface area contributed by atoms with E-state index in [4.69, 9.17) is 0 Å². The van der Waals surface area contributed by atoms with Gasteiger partial charge in [0, 0.05) is 18.8 Å². The summed E-state index contributed by atoms with van der Waals surface area (Å²) in [5, 5.41) is 10.2. The molecule has 0 bridgehead atoms. The second-order valence-corrected chi connectivity index (χ2v) is 7.38. The summed E-state index contributed by atoms with van der Waals surface area (Å²) in [7, 11) is -2.81. The van der Waals surface area contributed by atoms with Gasteiger partial charge in [-0.25, -0.2) is 8.42 Å². The van der Waals surface area contributed by atoms with Crippen LogP contribution in [-0.2, 0) is 16.4 Å². The molecule has 1 unspecified atom stereocenters. The molecule has 1 aliphatic heterocycles. The minimum Gasteiger partial charge on any atom is -0.309 e. The van der Waals surface area contributed by atoms with Gasteiger partial charge in [-0.2, -0.15) is 5.10 Å². The van der Waals surface area contributed by atoms with Crippen molar-refractivity contribution in [1.29, 1.82) is 0 Å². The quantitative estimate of drug-likeness (QED) is 0.892.